The lowest BCUT2D eigenvalue weighted by Gasteiger charge is -2.27. The Labute approximate surface area is 194 Å². The van der Waals surface area contributed by atoms with Gasteiger partial charge in [0.15, 0.2) is 0 Å². The van der Waals surface area contributed by atoms with E-state index in [1.54, 1.807) is 24.3 Å². The van der Waals surface area contributed by atoms with Crippen LogP contribution >= 0.6 is 23.2 Å². The number of morpholine rings is 1. The zero-order valence-electron chi connectivity index (χ0n) is 16.6. The predicted octanol–water partition coefficient (Wildman–Crippen LogP) is 1.80. The molecule has 3 rings (SSSR count). The van der Waals surface area contributed by atoms with E-state index in [0.29, 0.717) is 11.3 Å². The molecule has 0 radical (unpaired) electrons. The van der Waals surface area contributed by atoms with Gasteiger partial charge in [-0.3, -0.25) is 14.6 Å². The minimum atomic E-state index is -3.98. The average molecular weight is 503 g/mol. The molecule has 1 aromatic heterocycles. The Morgan fingerprint density at radius 3 is 2.28 bits per heavy atom. The van der Waals surface area contributed by atoms with Crippen LogP contribution in [0.1, 0.15) is 15.9 Å². The molecule has 2 heterocycles. The molecule has 32 heavy (non-hydrogen) atoms. The lowest BCUT2D eigenvalue weighted by atomic mass is 10.1. The number of hydrogen-bond acceptors (Lipinski definition) is 6. The van der Waals surface area contributed by atoms with Crippen LogP contribution in [-0.2, 0) is 26.2 Å². The Bertz CT molecular complexity index is 1070. The molecule has 13 heteroatoms. The molecule has 1 unspecified atom stereocenters. The van der Waals surface area contributed by atoms with E-state index in [-0.39, 0.29) is 48.3 Å². The molecule has 1 saturated heterocycles. The molecule has 10 nitrogen and oxygen atoms in total. The molecule has 1 amide bonds. The van der Waals surface area contributed by atoms with Crippen molar-refractivity contribution < 1.29 is 27.9 Å². The third-order valence-corrected chi connectivity index (χ3v) is 6.83. The average Bonchev–Trinajstić information content (AvgIpc) is 2.75. The monoisotopic (exact) mass is 502 g/mol. The summed E-state index contributed by atoms with van der Waals surface area (Å²) in [4.78, 5) is 27.9. The van der Waals surface area contributed by atoms with Crippen LogP contribution < -0.4 is 10.0 Å². The summed E-state index contributed by atoms with van der Waals surface area (Å²) in [5.41, 5.74) is 1.05. The van der Waals surface area contributed by atoms with Crippen LogP contribution in [0.5, 0.6) is 0 Å². The maximum Gasteiger partial charge on any atom is 0.322 e. The number of carboxylic acid groups (broad SMARTS) is 1. The van der Waals surface area contributed by atoms with Gasteiger partial charge in [-0.05, 0) is 24.1 Å². The number of rotatable bonds is 8. The minimum absolute atomic E-state index is 0.0795. The van der Waals surface area contributed by atoms with Gasteiger partial charge in [-0.15, -0.1) is 0 Å². The van der Waals surface area contributed by atoms with E-state index in [1.165, 1.54) is 12.4 Å². The highest BCUT2D eigenvalue weighted by molar-refractivity contribution is 7.87. The number of carbonyl (C=O) groups is 2. The number of pyridine rings is 1. The molecular formula is C19H20Cl2N4O6S. The first-order valence-electron chi connectivity index (χ1n) is 9.44. The maximum atomic E-state index is 12.5. The van der Waals surface area contributed by atoms with Crippen LogP contribution in [0.4, 0.5) is 5.69 Å². The third kappa shape index (κ3) is 6.15. The zero-order chi connectivity index (χ0) is 23.3. The fraction of sp³-hybridized carbons (Fsp3) is 0.316. The predicted molar refractivity (Wildman–Crippen MR) is 118 cm³/mol. The number of halogens is 2. The highest BCUT2D eigenvalue weighted by atomic mass is 35.5. The first-order valence-corrected chi connectivity index (χ1v) is 11.6. The molecule has 2 aromatic rings. The van der Waals surface area contributed by atoms with Crippen LogP contribution in [0, 0.1) is 0 Å². The summed E-state index contributed by atoms with van der Waals surface area (Å²) in [6.07, 6.45) is 2.51. The first-order chi connectivity index (χ1) is 15.2. The minimum Gasteiger partial charge on any atom is -0.480 e. The first kappa shape index (κ1) is 24.4. The van der Waals surface area contributed by atoms with Crippen molar-refractivity contribution in [2.45, 2.75) is 12.5 Å². The molecule has 1 aromatic carbocycles. The Balaban J connectivity index is 1.66. The number of anilines is 1. The van der Waals surface area contributed by atoms with Gasteiger partial charge >= 0.3 is 5.97 Å². The molecule has 172 valence electrons. The van der Waals surface area contributed by atoms with Crippen LogP contribution in [0.2, 0.25) is 10.0 Å². The van der Waals surface area contributed by atoms with E-state index in [9.17, 15) is 23.1 Å². The van der Waals surface area contributed by atoms with Gasteiger partial charge in [0.2, 0.25) is 0 Å². The number of nitrogens with zero attached hydrogens (tertiary/aromatic N) is 2. The third-order valence-electron chi connectivity index (χ3n) is 4.63. The van der Waals surface area contributed by atoms with Crippen LogP contribution in [0.3, 0.4) is 0 Å². The Kier molecular flexibility index (Phi) is 8.04. The quantitative estimate of drug-likeness (QED) is 0.500. The van der Waals surface area contributed by atoms with E-state index in [2.05, 4.69) is 15.0 Å². The molecule has 1 aliphatic rings. The summed E-state index contributed by atoms with van der Waals surface area (Å²) >= 11 is 12.0. The largest absolute Gasteiger partial charge is 0.480 e. The van der Waals surface area contributed by atoms with Crippen LogP contribution in [0.25, 0.3) is 0 Å². The lowest BCUT2D eigenvalue weighted by molar-refractivity contribution is -0.138. The number of ether oxygens (including phenoxy) is 1. The van der Waals surface area contributed by atoms with E-state index < -0.39 is 28.1 Å². The normalized spacial score (nSPS) is 15.8. The van der Waals surface area contributed by atoms with Gasteiger partial charge in [-0.25, -0.2) is 0 Å². The number of aliphatic carboxylic acids is 1. The summed E-state index contributed by atoms with van der Waals surface area (Å²) in [6, 6.07) is 4.93. The van der Waals surface area contributed by atoms with Crippen LogP contribution in [-0.4, -0.2) is 67.0 Å². The molecule has 0 saturated carbocycles. The number of amides is 1. The van der Waals surface area contributed by atoms with Gasteiger partial charge in [0.25, 0.3) is 16.1 Å². The van der Waals surface area contributed by atoms with Crippen molar-refractivity contribution >= 4 is 51.0 Å². The summed E-state index contributed by atoms with van der Waals surface area (Å²) in [6.45, 7) is 0.812. The highest BCUT2D eigenvalue weighted by Gasteiger charge is 2.30. The SMILES string of the molecule is O=C(Nc1ccc(CC(NS(=O)(=O)N2CCOCC2)C(=O)O)cc1)c1c(Cl)cncc1Cl. The van der Waals surface area contributed by atoms with Crippen molar-refractivity contribution in [1.29, 1.82) is 0 Å². The van der Waals surface area contributed by atoms with E-state index in [1.807, 2.05) is 0 Å². The Hall–Kier alpha value is -2.28. The molecule has 0 bridgehead atoms. The van der Waals surface area contributed by atoms with Crippen molar-refractivity contribution in [2.75, 3.05) is 31.6 Å². The fourth-order valence-electron chi connectivity index (χ4n) is 3.00. The molecular weight excluding hydrogens is 483 g/mol. The fourth-order valence-corrected chi connectivity index (χ4v) is 4.86. The summed E-state index contributed by atoms with van der Waals surface area (Å²) in [7, 11) is -3.98. The number of hydrogen-bond donors (Lipinski definition) is 3. The second kappa shape index (κ2) is 10.6. The maximum absolute atomic E-state index is 12.5. The Morgan fingerprint density at radius 2 is 1.72 bits per heavy atom. The summed E-state index contributed by atoms with van der Waals surface area (Å²) < 4.78 is 33.5. The molecule has 0 aliphatic carbocycles. The van der Waals surface area contributed by atoms with Crippen molar-refractivity contribution in [3.63, 3.8) is 0 Å². The van der Waals surface area contributed by atoms with E-state index in [4.69, 9.17) is 27.9 Å². The van der Waals surface area contributed by atoms with Gasteiger partial charge in [0.1, 0.15) is 6.04 Å². The van der Waals surface area contributed by atoms with Crippen LogP contribution in [0.15, 0.2) is 36.7 Å². The molecule has 0 spiro atoms. The second-order valence-corrected chi connectivity index (χ2v) is 9.38. The van der Waals surface area contributed by atoms with Gasteiger partial charge in [-0.2, -0.15) is 17.4 Å². The van der Waals surface area contributed by atoms with Crippen molar-refractivity contribution in [3.8, 4) is 0 Å². The highest BCUT2D eigenvalue weighted by Crippen LogP contribution is 2.24. The van der Waals surface area contributed by atoms with Gasteiger partial charge in [0, 0.05) is 31.2 Å². The van der Waals surface area contributed by atoms with E-state index >= 15 is 0 Å². The standard InChI is InChI=1S/C19H20Cl2N4O6S/c20-14-10-22-11-15(21)17(14)18(26)23-13-3-1-12(2-4-13)9-16(19(27)28)24-32(29,30)25-5-7-31-8-6-25/h1-4,10-11,16,24H,5-9H2,(H,23,26)(H,27,28). The number of carbonyl (C=O) groups excluding carboxylic acids is 1. The van der Waals surface area contributed by atoms with E-state index in [0.717, 1.165) is 4.31 Å². The van der Waals surface area contributed by atoms with Crippen molar-refractivity contribution in [3.05, 3.63) is 57.8 Å². The lowest BCUT2D eigenvalue weighted by Crippen LogP contribution is -2.52. The number of carboxylic acids is 1. The van der Waals surface area contributed by atoms with Gasteiger partial charge < -0.3 is 15.2 Å². The molecule has 1 fully saturated rings. The summed E-state index contributed by atoms with van der Waals surface area (Å²) in [5, 5.41) is 12.3. The van der Waals surface area contributed by atoms with Crippen molar-refractivity contribution in [1.82, 2.24) is 14.0 Å². The Morgan fingerprint density at radius 1 is 1.12 bits per heavy atom. The van der Waals surface area contributed by atoms with Crippen molar-refractivity contribution in [2.24, 2.45) is 0 Å². The number of aromatic nitrogens is 1. The molecule has 1 atom stereocenters. The topological polar surface area (TPSA) is 138 Å². The second-order valence-electron chi connectivity index (χ2n) is 6.86. The smallest absolute Gasteiger partial charge is 0.322 e. The van der Waals surface area contributed by atoms with Gasteiger partial charge in [0.05, 0.1) is 28.8 Å². The zero-order valence-corrected chi connectivity index (χ0v) is 19.0. The molecule has 1 aliphatic heterocycles. The number of benzene rings is 1. The van der Waals surface area contributed by atoms with Gasteiger partial charge in [-0.1, -0.05) is 35.3 Å². The number of nitrogens with one attached hydrogen (secondary N) is 2. The molecule has 3 N–H and O–H groups in total. The summed E-state index contributed by atoms with van der Waals surface area (Å²) in [5.74, 6) is -1.84.